The zero-order valence-corrected chi connectivity index (χ0v) is 12.0. The second-order valence-electron chi connectivity index (χ2n) is 4.44. The molecule has 0 saturated heterocycles. The molecule has 0 aliphatic heterocycles. The van der Waals surface area contributed by atoms with Crippen LogP contribution >= 0.6 is 0 Å². The second kappa shape index (κ2) is 5.60. The van der Waals surface area contributed by atoms with E-state index in [9.17, 15) is 13.2 Å². The third kappa shape index (κ3) is 3.15. The van der Waals surface area contributed by atoms with E-state index in [1.54, 1.807) is 19.1 Å². The lowest BCUT2D eigenvalue weighted by Gasteiger charge is -2.12. The van der Waals surface area contributed by atoms with Crippen LogP contribution in [0.3, 0.4) is 0 Å². The summed E-state index contributed by atoms with van der Waals surface area (Å²) in [6.07, 6.45) is 1.49. The highest BCUT2D eigenvalue weighted by atomic mass is 32.2. The largest absolute Gasteiger partial charge is 0.468 e. The summed E-state index contributed by atoms with van der Waals surface area (Å²) in [4.78, 5) is 11.3. The first-order chi connectivity index (χ1) is 9.40. The number of nitrogens with one attached hydrogen (secondary N) is 1. The summed E-state index contributed by atoms with van der Waals surface area (Å²) in [7, 11) is -3.65. The van der Waals surface area contributed by atoms with Crippen molar-refractivity contribution in [2.75, 3.05) is 0 Å². The summed E-state index contributed by atoms with van der Waals surface area (Å²) >= 11 is 0. The molecule has 5 nitrogen and oxygen atoms in total. The van der Waals surface area contributed by atoms with Crippen molar-refractivity contribution in [3.63, 3.8) is 0 Å². The SMILES string of the molecule is CC(=O)c1ccc(S(=O)(=O)NC(C)c2ccco2)cc1. The molecule has 0 saturated carbocycles. The molecule has 1 unspecified atom stereocenters. The van der Waals surface area contributed by atoms with Crippen molar-refractivity contribution in [1.29, 1.82) is 0 Å². The number of carbonyl (C=O) groups is 1. The topological polar surface area (TPSA) is 76.4 Å². The van der Waals surface area contributed by atoms with Crippen LogP contribution in [-0.4, -0.2) is 14.2 Å². The third-order valence-corrected chi connectivity index (χ3v) is 4.43. The number of benzene rings is 1. The predicted molar refractivity (Wildman–Crippen MR) is 73.9 cm³/mol. The van der Waals surface area contributed by atoms with Crippen LogP contribution in [0.4, 0.5) is 0 Å². The Morgan fingerprint density at radius 2 is 1.85 bits per heavy atom. The Labute approximate surface area is 117 Å². The van der Waals surface area contributed by atoms with E-state index in [0.717, 1.165) is 0 Å². The number of ketones is 1. The van der Waals surface area contributed by atoms with E-state index in [1.807, 2.05) is 0 Å². The third-order valence-electron chi connectivity index (χ3n) is 2.87. The van der Waals surface area contributed by atoms with E-state index < -0.39 is 16.1 Å². The van der Waals surface area contributed by atoms with Crippen LogP contribution in [-0.2, 0) is 10.0 Å². The lowest BCUT2D eigenvalue weighted by molar-refractivity contribution is 0.101. The Kier molecular flexibility index (Phi) is 4.06. The van der Waals surface area contributed by atoms with Gasteiger partial charge in [0.1, 0.15) is 5.76 Å². The van der Waals surface area contributed by atoms with Crippen molar-refractivity contribution in [1.82, 2.24) is 4.72 Å². The van der Waals surface area contributed by atoms with Gasteiger partial charge in [0, 0.05) is 5.56 Å². The summed E-state index contributed by atoms with van der Waals surface area (Å²) in [6, 6.07) is 8.74. The fourth-order valence-electron chi connectivity index (χ4n) is 1.77. The molecule has 1 aromatic carbocycles. The monoisotopic (exact) mass is 293 g/mol. The summed E-state index contributed by atoms with van der Waals surface area (Å²) in [5.74, 6) is 0.430. The number of sulfonamides is 1. The van der Waals surface area contributed by atoms with E-state index in [1.165, 1.54) is 37.5 Å². The van der Waals surface area contributed by atoms with Gasteiger partial charge in [-0.1, -0.05) is 12.1 Å². The maximum absolute atomic E-state index is 12.2. The highest BCUT2D eigenvalue weighted by Gasteiger charge is 2.19. The molecule has 0 amide bonds. The first-order valence-electron chi connectivity index (χ1n) is 6.07. The predicted octanol–water partition coefficient (Wildman–Crippen LogP) is 2.52. The molecule has 2 rings (SSSR count). The highest BCUT2D eigenvalue weighted by molar-refractivity contribution is 7.89. The van der Waals surface area contributed by atoms with Gasteiger partial charge in [-0.15, -0.1) is 0 Å². The van der Waals surface area contributed by atoms with Gasteiger partial charge in [0.15, 0.2) is 5.78 Å². The van der Waals surface area contributed by atoms with Gasteiger partial charge in [0.05, 0.1) is 17.2 Å². The number of furan rings is 1. The minimum atomic E-state index is -3.65. The summed E-state index contributed by atoms with van der Waals surface area (Å²) in [5, 5.41) is 0. The van der Waals surface area contributed by atoms with Crippen molar-refractivity contribution in [2.45, 2.75) is 24.8 Å². The zero-order valence-electron chi connectivity index (χ0n) is 11.2. The fourth-order valence-corrected chi connectivity index (χ4v) is 2.98. The molecule has 0 bridgehead atoms. The van der Waals surface area contributed by atoms with Gasteiger partial charge in [0.25, 0.3) is 0 Å². The smallest absolute Gasteiger partial charge is 0.241 e. The second-order valence-corrected chi connectivity index (χ2v) is 6.15. The molecule has 106 valence electrons. The lowest BCUT2D eigenvalue weighted by atomic mass is 10.2. The molecule has 0 aliphatic carbocycles. The van der Waals surface area contributed by atoms with Crippen LogP contribution in [0.2, 0.25) is 0 Å². The molecule has 0 aliphatic rings. The quantitative estimate of drug-likeness (QED) is 0.859. The van der Waals surface area contributed by atoms with Crippen molar-refractivity contribution in [3.8, 4) is 0 Å². The molecular weight excluding hydrogens is 278 g/mol. The van der Waals surface area contributed by atoms with Crippen molar-refractivity contribution in [2.24, 2.45) is 0 Å². The number of rotatable bonds is 5. The Hall–Kier alpha value is -1.92. The van der Waals surface area contributed by atoms with Crippen LogP contribution in [0, 0.1) is 0 Å². The van der Waals surface area contributed by atoms with Crippen molar-refractivity contribution >= 4 is 15.8 Å². The first-order valence-corrected chi connectivity index (χ1v) is 7.55. The van der Waals surface area contributed by atoms with Gasteiger partial charge < -0.3 is 4.42 Å². The van der Waals surface area contributed by atoms with Crippen LogP contribution in [0.25, 0.3) is 0 Å². The van der Waals surface area contributed by atoms with Crippen molar-refractivity contribution in [3.05, 3.63) is 54.0 Å². The minimum absolute atomic E-state index is 0.106. The normalized spacial score (nSPS) is 13.1. The maximum Gasteiger partial charge on any atom is 0.241 e. The Morgan fingerprint density at radius 1 is 1.20 bits per heavy atom. The number of hydrogen-bond donors (Lipinski definition) is 1. The molecule has 1 heterocycles. The minimum Gasteiger partial charge on any atom is -0.468 e. The van der Waals surface area contributed by atoms with E-state index >= 15 is 0 Å². The molecule has 2 aromatic rings. The van der Waals surface area contributed by atoms with Crippen LogP contribution in [0.1, 0.15) is 36.0 Å². The van der Waals surface area contributed by atoms with Crippen LogP contribution in [0.5, 0.6) is 0 Å². The molecule has 6 heteroatoms. The molecule has 1 atom stereocenters. The zero-order chi connectivity index (χ0) is 14.8. The van der Waals surface area contributed by atoms with Crippen LogP contribution in [0.15, 0.2) is 52.0 Å². The van der Waals surface area contributed by atoms with E-state index in [4.69, 9.17) is 4.42 Å². The molecular formula is C14H15NO4S. The van der Waals surface area contributed by atoms with E-state index in [0.29, 0.717) is 11.3 Å². The summed E-state index contributed by atoms with van der Waals surface area (Å²) < 4.78 is 32.0. The number of carbonyl (C=O) groups excluding carboxylic acids is 1. The highest BCUT2D eigenvalue weighted by Crippen LogP contribution is 2.17. The molecule has 1 N–H and O–H groups in total. The summed E-state index contributed by atoms with van der Waals surface area (Å²) in [6.45, 7) is 3.13. The molecule has 1 aromatic heterocycles. The number of Topliss-reactive ketones (excluding diaryl/α,β-unsaturated/α-hetero) is 1. The van der Waals surface area contributed by atoms with E-state index in [2.05, 4.69) is 4.72 Å². The lowest BCUT2D eigenvalue weighted by Crippen LogP contribution is -2.26. The van der Waals surface area contributed by atoms with Gasteiger partial charge in [0.2, 0.25) is 10.0 Å². The molecule has 0 fully saturated rings. The average molecular weight is 293 g/mol. The molecule has 20 heavy (non-hydrogen) atoms. The Balaban J connectivity index is 2.20. The van der Waals surface area contributed by atoms with Crippen molar-refractivity contribution < 1.29 is 17.6 Å². The van der Waals surface area contributed by atoms with Gasteiger partial charge >= 0.3 is 0 Å². The standard InChI is InChI=1S/C14H15NO4S/c1-10(14-4-3-9-19-14)15-20(17,18)13-7-5-12(6-8-13)11(2)16/h3-10,15H,1-2H3. The van der Waals surface area contributed by atoms with Gasteiger partial charge in [-0.2, -0.15) is 0 Å². The van der Waals surface area contributed by atoms with Gasteiger partial charge in [-0.05, 0) is 38.1 Å². The fraction of sp³-hybridized carbons (Fsp3) is 0.214. The van der Waals surface area contributed by atoms with Gasteiger partial charge in [-0.3, -0.25) is 4.79 Å². The molecule has 0 radical (unpaired) electrons. The molecule has 0 spiro atoms. The van der Waals surface area contributed by atoms with Gasteiger partial charge in [-0.25, -0.2) is 13.1 Å². The average Bonchev–Trinajstić information content (AvgIpc) is 2.92. The summed E-state index contributed by atoms with van der Waals surface area (Å²) in [5.41, 5.74) is 0.475. The number of hydrogen-bond acceptors (Lipinski definition) is 4. The maximum atomic E-state index is 12.2. The first kappa shape index (κ1) is 14.5. The Morgan fingerprint density at radius 3 is 2.35 bits per heavy atom. The van der Waals surface area contributed by atoms with E-state index in [-0.39, 0.29) is 10.7 Å². The van der Waals surface area contributed by atoms with Crippen LogP contribution < -0.4 is 4.72 Å². The Bertz CT molecular complexity index is 687.